The van der Waals surface area contributed by atoms with Crippen molar-refractivity contribution in [3.05, 3.63) is 154 Å². The van der Waals surface area contributed by atoms with E-state index in [-0.39, 0.29) is 33.3 Å². The molecular formula is C34H34BN2O6. The molecule has 4 aromatic rings. The van der Waals surface area contributed by atoms with Gasteiger partial charge in [0.2, 0.25) is 0 Å². The number of ether oxygens (including phenoxy) is 4. The van der Waals surface area contributed by atoms with E-state index in [0.717, 1.165) is 22.3 Å². The fourth-order valence-corrected chi connectivity index (χ4v) is 4.22. The van der Waals surface area contributed by atoms with E-state index in [2.05, 4.69) is 4.85 Å². The number of esters is 2. The Bertz CT molecular complexity index is 1460. The number of rotatable bonds is 11. The van der Waals surface area contributed by atoms with Gasteiger partial charge in [-0.2, -0.15) is 0 Å². The first-order chi connectivity index (χ1) is 20.5. The Morgan fingerprint density at radius 1 is 0.674 bits per heavy atom. The lowest BCUT2D eigenvalue weighted by atomic mass is 9.99. The predicted molar refractivity (Wildman–Crippen MR) is 165 cm³/mol. The number of nitrogens with zero attached hydrogens (tertiary/aromatic N) is 1. The molecule has 0 aliphatic rings. The van der Waals surface area contributed by atoms with Crippen LogP contribution in [0, 0.1) is 6.57 Å². The van der Waals surface area contributed by atoms with Gasteiger partial charge in [0.05, 0.1) is 32.0 Å². The van der Waals surface area contributed by atoms with Crippen LogP contribution in [0.2, 0.25) is 0 Å². The largest absolute Gasteiger partial charge is 0.465 e. The predicted octanol–water partition coefficient (Wildman–Crippen LogP) is 5.61. The molecule has 0 saturated heterocycles. The van der Waals surface area contributed by atoms with Crippen molar-refractivity contribution in [1.29, 1.82) is 0 Å². The van der Waals surface area contributed by atoms with Crippen molar-refractivity contribution in [3.63, 3.8) is 0 Å². The molecule has 0 aliphatic heterocycles. The average Bonchev–Trinajstić information content (AvgIpc) is 3.06. The van der Waals surface area contributed by atoms with Crippen LogP contribution in [-0.2, 0) is 18.9 Å². The van der Waals surface area contributed by atoms with Gasteiger partial charge in [-0.05, 0) is 46.5 Å². The van der Waals surface area contributed by atoms with Crippen LogP contribution in [0.15, 0.2) is 109 Å². The maximum absolute atomic E-state index is 11.7. The van der Waals surface area contributed by atoms with Crippen molar-refractivity contribution < 1.29 is 28.5 Å². The molecule has 43 heavy (non-hydrogen) atoms. The summed E-state index contributed by atoms with van der Waals surface area (Å²) < 4.78 is 21.0. The van der Waals surface area contributed by atoms with Crippen LogP contribution < -0.4 is 5.73 Å². The lowest BCUT2D eigenvalue weighted by molar-refractivity contribution is 0.0590. The van der Waals surface area contributed by atoms with Gasteiger partial charge in [-0.15, -0.1) is 0 Å². The minimum atomic E-state index is -0.395. The van der Waals surface area contributed by atoms with Crippen LogP contribution in [0.25, 0.3) is 4.85 Å². The minimum absolute atomic E-state index is 0. The topological polar surface area (TPSA) is 101 Å². The van der Waals surface area contributed by atoms with E-state index in [1.165, 1.54) is 14.2 Å². The van der Waals surface area contributed by atoms with E-state index >= 15 is 0 Å². The molecule has 0 aromatic heterocycles. The summed E-state index contributed by atoms with van der Waals surface area (Å²) in [5.41, 5.74) is 10.2. The van der Waals surface area contributed by atoms with Gasteiger partial charge < -0.3 is 19.9 Å². The Morgan fingerprint density at radius 2 is 1.09 bits per heavy atom. The third-order valence-corrected chi connectivity index (χ3v) is 6.13. The van der Waals surface area contributed by atoms with Crippen molar-refractivity contribution in [2.24, 2.45) is 5.73 Å². The van der Waals surface area contributed by atoms with E-state index < -0.39 is 5.97 Å². The molecule has 0 saturated carbocycles. The maximum Gasteiger partial charge on any atom is 0.337 e. The zero-order valence-corrected chi connectivity index (χ0v) is 24.2. The molecule has 219 valence electrons. The second kappa shape index (κ2) is 18.6. The standard InChI is InChI=1S/C17H15NO3.C17H19NO3.B/c1-18-12-21-16(13-7-4-3-5-8-13)14-9-6-10-15(11-14)17(19)20-2;1-20-17(19)15-9-5-8-14(12-15)16(21-11-10-18)13-6-3-2-4-7-13;/h3-11,16H,12H2,2H3;2-9,12,16H,10-11,18H2,1H3;. The van der Waals surface area contributed by atoms with E-state index in [4.69, 9.17) is 31.3 Å². The fourth-order valence-electron chi connectivity index (χ4n) is 4.22. The minimum Gasteiger partial charge on any atom is -0.465 e. The molecule has 0 fully saturated rings. The summed E-state index contributed by atoms with van der Waals surface area (Å²) in [5, 5.41) is 0. The molecule has 0 aliphatic carbocycles. The number of methoxy groups -OCH3 is 2. The maximum atomic E-state index is 11.7. The average molecular weight is 577 g/mol. The van der Waals surface area contributed by atoms with Crippen LogP contribution in [0.4, 0.5) is 0 Å². The molecule has 8 nitrogen and oxygen atoms in total. The number of carbonyl (C=O) groups is 2. The first-order valence-corrected chi connectivity index (χ1v) is 13.2. The Hall–Kier alpha value is -4.75. The molecule has 4 aromatic carbocycles. The summed E-state index contributed by atoms with van der Waals surface area (Å²) in [6, 6.07) is 33.8. The lowest BCUT2D eigenvalue weighted by Crippen LogP contribution is -2.14. The van der Waals surface area contributed by atoms with Crippen molar-refractivity contribution in [2.45, 2.75) is 12.2 Å². The summed E-state index contributed by atoms with van der Waals surface area (Å²) in [6.07, 6.45) is -0.635. The van der Waals surface area contributed by atoms with Gasteiger partial charge in [-0.3, -0.25) is 9.58 Å². The highest BCUT2D eigenvalue weighted by Crippen LogP contribution is 2.28. The quantitative estimate of drug-likeness (QED) is 0.140. The first kappa shape index (κ1) is 34.5. The zero-order chi connectivity index (χ0) is 30.2. The molecule has 9 heteroatoms. The van der Waals surface area contributed by atoms with Crippen LogP contribution in [0.5, 0.6) is 0 Å². The third kappa shape index (κ3) is 10.2. The second-order valence-corrected chi connectivity index (χ2v) is 8.93. The Balaban J connectivity index is 0.000000293. The monoisotopic (exact) mass is 577 g/mol. The summed E-state index contributed by atoms with van der Waals surface area (Å²) in [5.74, 6) is -0.753. The first-order valence-electron chi connectivity index (χ1n) is 13.2. The van der Waals surface area contributed by atoms with E-state index in [0.29, 0.717) is 24.3 Å². The Labute approximate surface area is 254 Å². The highest BCUT2D eigenvalue weighted by Gasteiger charge is 2.18. The van der Waals surface area contributed by atoms with Crippen LogP contribution in [-0.4, -0.2) is 54.5 Å². The number of hydrogen-bond donors (Lipinski definition) is 1. The number of carbonyl (C=O) groups excluding carboxylic acids is 2. The molecular weight excluding hydrogens is 543 g/mol. The molecule has 2 atom stereocenters. The molecule has 0 bridgehead atoms. The van der Waals surface area contributed by atoms with Gasteiger partial charge in [-0.25, -0.2) is 16.2 Å². The Morgan fingerprint density at radius 3 is 1.49 bits per heavy atom. The van der Waals surface area contributed by atoms with Crippen molar-refractivity contribution in [1.82, 2.24) is 0 Å². The highest BCUT2D eigenvalue weighted by atomic mass is 16.5. The summed E-state index contributed by atoms with van der Waals surface area (Å²) in [7, 11) is 2.72. The van der Waals surface area contributed by atoms with Crippen molar-refractivity contribution in [2.75, 3.05) is 34.1 Å². The van der Waals surface area contributed by atoms with Gasteiger partial charge >= 0.3 is 18.7 Å². The smallest absolute Gasteiger partial charge is 0.337 e. The van der Waals surface area contributed by atoms with Crippen molar-refractivity contribution >= 4 is 20.4 Å². The van der Waals surface area contributed by atoms with Gasteiger partial charge in [0.1, 0.15) is 12.2 Å². The number of hydrogen-bond acceptors (Lipinski definition) is 7. The number of benzene rings is 4. The van der Waals surface area contributed by atoms with E-state index in [1.807, 2.05) is 78.9 Å². The fraction of sp³-hybridized carbons (Fsp3) is 0.206. The molecule has 0 heterocycles. The number of nitrogens with two attached hydrogens (primary N) is 1. The molecule has 3 radical (unpaired) electrons. The van der Waals surface area contributed by atoms with Crippen LogP contribution in [0.3, 0.4) is 0 Å². The molecule has 2 unspecified atom stereocenters. The van der Waals surface area contributed by atoms with Gasteiger partial charge in [0.15, 0.2) is 0 Å². The highest BCUT2D eigenvalue weighted by molar-refractivity contribution is 5.90. The van der Waals surface area contributed by atoms with E-state index in [9.17, 15) is 9.59 Å². The van der Waals surface area contributed by atoms with Crippen LogP contribution >= 0.6 is 0 Å². The van der Waals surface area contributed by atoms with E-state index in [1.54, 1.807) is 30.3 Å². The summed E-state index contributed by atoms with van der Waals surface area (Å²) in [6.45, 7) is 7.74. The van der Waals surface area contributed by atoms with Gasteiger partial charge in [0.25, 0.3) is 0 Å². The van der Waals surface area contributed by atoms with Gasteiger partial charge in [-0.1, -0.05) is 84.9 Å². The molecule has 2 N–H and O–H groups in total. The Kier molecular flexibility index (Phi) is 14.9. The normalized spacial score (nSPS) is 11.4. The third-order valence-electron chi connectivity index (χ3n) is 6.13. The summed E-state index contributed by atoms with van der Waals surface area (Å²) in [4.78, 5) is 26.5. The SMILES string of the molecule is COC(=O)c1cccc(C(OCCN)c2ccccc2)c1.[B].[C-]#[N+]COC(c1ccccc1)c1cccc(C(=O)OC)c1. The second-order valence-electron chi connectivity index (χ2n) is 8.93. The summed E-state index contributed by atoms with van der Waals surface area (Å²) >= 11 is 0. The zero-order valence-electron chi connectivity index (χ0n) is 24.2. The molecule has 4 rings (SSSR count). The van der Waals surface area contributed by atoms with Crippen molar-refractivity contribution in [3.8, 4) is 0 Å². The molecule has 0 amide bonds. The van der Waals surface area contributed by atoms with Gasteiger partial charge in [0, 0.05) is 15.0 Å². The molecule has 0 spiro atoms. The van der Waals surface area contributed by atoms with Crippen LogP contribution in [0.1, 0.15) is 55.2 Å². The lowest BCUT2D eigenvalue weighted by Gasteiger charge is -2.19.